The average Bonchev–Trinajstić information content (AvgIpc) is 2.11. The second-order valence-corrected chi connectivity index (χ2v) is 4.01. The maximum absolute atomic E-state index is 11.0. The van der Waals surface area contributed by atoms with Crippen LogP contribution in [0.25, 0.3) is 0 Å². The Bertz CT molecular complexity index is 191. The monoisotopic (exact) mass is 250 g/mol. The highest BCUT2D eigenvalue weighted by Gasteiger charge is 2.15. The molecule has 76 valence electrons. The molecule has 2 unspecified atom stereocenters. The number of carbonyl (C=O) groups excluding carboxylic acids is 1. The van der Waals surface area contributed by atoms with E-state index in [9.17, 15) is 4.79 Å². The molecule has 0 spiro atoms. The van der Waals surface area contributed by atoms with Gasteiger partial charge >= 0.3 is 5.97 Å². The summed E-state index contributed by atoms with van der Waals surface area (Å²) in [6.07, 6.45) is 0.0120. The molecule has 0 aliphatic heterocycles. The van der Waals surface area contributed by atoms with Gasteiger partial charge in [0.25, 0.3) is 0 Å². The van der Waals surface area contributed by atoms with E-state index in [0.29, 0.717) is 12.2 Å². The SMILES string of the molecule is C=C(C)C(=O)OCC(Br)C(C)OC. The van der Waals surface area contributed by atoms with Crippen molar-refractivity contribution in [2.75, 3.05) is 13.7 Å². The summed E-state index contributed by atoms with van der Waals surface area (Å²) >= 11 is 3.35. The van der Waals surface area contributed by atoms with Crippen molar-refractivity contribution in [1.82, 2.24) is 0 Å². The summed E-state index contributed by atoms with van der Waals surface area (Å²) in [5, 5.41) is 0. The molecule has 0 aromatic rings. The molecule has 0 aliphatic carbocycles. The highest BCUT2D eigenvalue weighted by atomic mass is 79.9. The molecular formula is C9H15BrO3. The van der Waals surface area contributed by atoms with Crippen LogP contribution in [-0.4, -0.2) is 30.6 Å². The molecule has 0 aromatic carbocycles. The quantitative estimate of drug-likeness (QED) is 0.425. The molecule has 0 heterocycles. The number of hydrogen-bond acceptors (Lipinski definition) is 3. The minimum Gasteiger partial charge on any atom is -0.461 e. The zero-order valence-electron chi connectivity index (χ0n) is 8.17. The number of methoxy groups -OCH3 is 1. The first kappa shape index (κ1) is 12.7. The van der Waals surface area contributed by atoms with Crippen LogP contribution in [0.4, 0.5) is 0 Å². The lowest BCUT2D eigenvalue weighted by Gasteiger charge is -2.16. The topological polar surface area (TPSA) is 35.5 Å². The highest BCUT2D eigenvalue weighted by molar-refractivity contribution is 9.09. The molecule has 0 aromatic heterocycles. The lowest BCUT2D eigenvalue weighted by Crippen LogP contribution is -2.25. The molecule has 0 saturated heterocycles. The predicted octanol–water partition coefficient (Wildman–Crippen LogP) is 1.90. The summed E-state index contributed by atoms with van der Waals surface area (Å²) in [7, 11) is 1.61. The van der Waals surface area contributed by atoms with Gasteiger partial charge in [0.15, 0.2) is 0 Å². The van der Waals surface area contributed by atoms with Gasteiger partial charge in [0.1, 0.15) is 6.61 Å². The Morgan fingerprint density at radius 3 is 2.54 bits per heavy atom. The van der Waals surface area contributed by atoms with Crippen molar-refractivity contribution in [2.45, 2.75) is 24.8 Å². The fourth-order valence-corrected chi connectivity index (χ4v) is 0.910. The predicted molar refractivity (Wildman–Crippen MR) is 55.0 cm³/mol. The number of hydrogen-bond donors (Lipinski definition) is 0. The summed E-state index contributed by atoms with van der Waals surface area (Å²) < 4.78 is 9.97. The van der Waals surface area contributed by atoms with Crippen LogP contribution in [0.2, 0.25) is 0 Å². The number of rotatable bonds is 5. The highest BCUT2D eigenvalue weighted by Crippen LogP contribution is 2.09. The minimum absolute atomic E-state index is 0.0120. The van der Waals surface area contributed by atoms with E-state index in [0.717, 1.165) is 0 Å². The Labute approximate surface area is 87.2 Å². The fraction of sp³-hybridized carbons (Fsp3) is 0.667. The summed E-state index contributed by atoms with van der Waals surface area (Å²) in [6.45, 7) is 7.28. The van der Waals surface area contributed by atoms with Gasteiger partial charge in [0.2, 0.25) is 0 Å². The van der Waals surface area contributed by atoms with Crippen molar-refractivity contribution >= 4 is 21.9 Å². The Hall–Kier alpha value is -0.350. The Balaban J connectivity index is 3.76. The van der Waals surface area contributed by atoms with Crippen LogP contribution in [0.5, 0.6) is 0 Å². The molecule has 0 aliphatic rings. The third-order valence-electron chi connectivity index (χ3n) is 1.60. The van der Waals surface area contributed by atoms with Crippen molar-refractivity contribution in [3.63, 3.8) is 0 Å². The number of ether oxygens (including phenoxy) is 2. The maximum Gasteiger partial charge on any atom is 0.333 e. The van der Waals surface area contributed by atoms with Gasteiger partial charge < -0.3 is 9.47 Å². The number of carbonyl (C=O) groups is 1. The van der Waals surface area contributed by atoms with Crippen molar-refractivity contribution in [1.29, 1.82) is 0 Å². The molecule has 3 nitrogen and oxygen atoms in total. The third-order valence-corrected chi connectivity index (χ3v) is 2.61. The number of esters is 1. The lowest BCUT2D eigenvalue weighted by atomic mass is 10.3. The Kier molecular flexibility index (Phi) is 5.99. The van der Waals surface area contributed by atoms with Gasteiger partial charge in [0.05, 0.1) is 10.9 Å². The van der Waals surface area contributed by atoms with Crippen molar-refractivity contribution in [2.24, 2.45) is 0 Å². The third kappa shape index (κ3) is 5.05. The van der Waals surface area contributed by atoms with Crippen molar-refractivity contribution in [3.8, 4) is 0 Å². The molecule has 0 N–H and O–H groups in total. The van der Waals surface area contributed by atoms with Crippen LogP contribution in [0.15, 0.2) is 12.2 Å². The van der Waals surface area contributed by atoms with Crippen LogP contribution >= 0.6 is 15.9 Å². The van der Waals surface area contributed by atoms with Crippen LogP contribution < -0.4 is 0 Å². The van der Waals surface area contributed by atoms with E-state index in [2.05, 4.69) is 22.5 Å². The van der Waals surface area contributed by atoms with Gasteiger partial charge in [0, 0.05) is 12.7 Å². The average molecular weight is 251 g/mol. The molecule has 0 amide bonds. The zero-order chi connectivity index (χ0) is 10.4. The second kappa shape index (κ2) is 6.16. The maximum atomic E-state index is 11.0. The first-order valence-electron chi connectivity index (χ1n) is 3.98. The molecule has 4 heteroatoms. The van der Waals surface area contributed by atoms with E-state index in [-0.39, 0.29) is 16.9 Å². The Morgan fingerprint density at radius 2 is 2.15 bits per heavy atom. The largest absolute Gasteiger partial charge is 0.461 e. The standard InChI is InChI=1S/C9H15BrO3/c1-6(2)9(11)13-5-8(10)7(3)12-4/h7-8H,1,5H2,2-4H3. The summed E-state index contributed by atoms with van der Waals surface area (Å²) in [5.74, 6) is -0.368. The molecule has 0 saturated carbocycles. The number of alkyl halides is 1. The van der Waals surface area contributed by atoms with Crippen molar-refractivity contribution < 1.29 is 14.3 Å². The summed E-state index contributed by atoms with van der Waals surface area (Å²) in [6, 6.07) is 0. The van der Waals surface area contributed by atoms with E-state index < -0.39 is 0 Å². The first-order chi connectivity index (χ1) is 5.99. The van der Waals surface area contributed by atoms with Gasteiger partial charge in [-0.05, 0) is 13.8 Å². The number of halogens is 1. The minimum atomic E-state index is -0.368. The van der Waals surface area contributed by atoms with E-state index >= 15 is 0 Å². The molecule has 0 radical (unpaired) electrons. The first-order valence-corrected chi connectivity index (χ1v) is 4.90. The van der Waals surface area contributed by atoms with Crippen LogP contribution in [0, 0.1) is 0 Å². The molecular weight excluding hydrogens is 236 g/mol. The summed E-state index contributed by atoms with van der Waals surface area (Å²) in [5.41, 5.74) is 0.407. The Morgan fingerprint density at radius 1 is 1.62 bits per heavy atom. The second-order valence-electron chi connectivity index (χ2n) is 2.84. The lowest BCUT2D eigenvalue weighted by molar-refractivity contribution is -0.139. The van der Waals surface area contributed by atoms with Crippen molar-refractivity contribution in [3.05, 3.63) is 12.2 Å². The van der Waals surface area contributed by atoms with Crippen LogP contribution in [0.1, 0.15) is 13.8 Å². The molecule has 0 rings (SSSR count). The normalized spacial score (nSPS) is 14.8. The van der Waals surface area contributed by atoms with Gasteiger partial charge in [-0.1, -0.05) is 22.5 Å². The van der Waals surface area contributed by atoms with Gasteiger partial charge in [-0.3, -0.25) is 0 Å². The fourth-order valence-electron chi connectivity index (χ4n) is 0.562. The van der Waals surface area contributed by atoms with E-state index in [1.807, 2.05) is 6.92 Å². The summed E-state index contributed by atoms with van der Waals surface area (Å²) in [4.78, 5) is 11.0. The van der Waals surface area contributed by atoms with Crippen LogP contribution in [0.3, 0.4) is 0 Å². The molecule has 0 bridgehead atoms. The molecule has 0 fully saturated rings. The smallest absolute Gasteiger partial charge is 0.333 e. The molecule has 13 heavy (non-hydrogen) atoms. The van der Waals surface area contributed by atoms with Gasteiger partial charge in [-0.2, -0.15) is 0 Å². The van der Waals surface area contributed by atoms with Crippen LogP contribution in [-0.2, 0) is 14.3 Å². The van der Waals surface area contributed by atoms with E-state index in [4.69, 9.17) is 9.47 Å². The van der Waals surface area contributed by atoms with E-state index in [1.54, 1.807) is 14.0 Å². The van der Waals surface area contributed by atoms with Gasteiger partial charge in [-0.15, -0.1) is 0 Å². The van der Waals surface area contributed by atoms with E-state index in [1.165, 1.54) is 0 Å². The molecule has 2 atom stereocenters. The van der Waals surface area contributed by atoms with Gasteiger partial charge in [-0.25, -0.2) is 4.79 Å². The zero-order valence-corrected chi connectivity index (χ0v) is 9.76.